The molecular weight excluding hydrogens is 254 g/mol. The predicted octanol–water partition coefficient (Wildman–Crippen LogP) is -0.0897. The summed E-state index contributed by atoms with van der Waals surface area (Å²) in [7, 11) is 0. The summed E-state index contributed by atoms with van der Waals surface area (Å²) in [6.07, 6.45) is -0.987. The maximum absolute atomic E-state index is 10.6. The Kier molecular flexibility index (Phi) is 5.34. The van der Waals surface area contributed by atoms with Crippen LogP contribution < -0.4 is 5.32 Å². The van der Waals surface area contributed by atoms with Gasteiger partial charge in [-0.1, -0.05) is 0 Å². The monoisotopic (exact) mass is 269 g/mol. The first-order valence-corrected chi connectivity index (χ1v) is 5.62. The second-order valence-electron chi connectivity index (χ2n) is 3.99. The second-order valence-corrected chi connectivity index (χ2v) is 3.99. The molecule has 0 radical (unpaired) electrons. The van der Waals surface area contributed by atoms with Crippen LogP contribution in [-0.4, -0.2) is 38.7 Å². The number of amides is 1. The molecule has 3 N–H and O–H groups in total. The van der Waals surface area contributed by atoms with Crippen LogP contribution in [0, 0.1) is 10.1 Å². The molecule has 8 heteroatoms. The van der Waals surface area contributed by atoms with E-state index in [4.69, 9.17) is 0 Å². The maximum atomic E-state index is 10.6. The molecule has 1 aromatic heterocycles. The molecule has 0 fully saturated rings. The van der Waals surface area contributed by atoms with E-state index in [0.717, 1.165) is 12.3 Å². The second kappa shape index (κ2) is 6.76. The van der Waals surface area contributed by atoms with Crippen molar-refractivity contribution in [1.29, 1.82) is 0 Å². The Labute approximate surface area is 109 Å². The Hall–Kier alpha value is -2.06. The van der Waals surface area contributed by atoms with Gasteiger partial charge < -0.3 is 25.6 Å². The lowest BCUT2D eigenvalue weighted by Crippen LogP contribution is -2.27. The lowest BCUT2D eigenvalue weighted by molar-refractivity contribution is -0.389. The minimum atomic E-state index is -1.21. The normalized spacial score (nSPS) is 13.6. The summed E-state index contributed by atoms with van der Waals surface area (Å²) >= 11 is 0. The van der Waals surface area contributed by atoms with Gasteiger partial charge in [-0.05, 0) is 22.4 Å². The van der Waals surface area contributed by atoms with Crippen LogP contribution in [0.4, 0.5) is 5.82 Å². The minimum Gasteiger partial charge on any atom is -0.390 e. The molecular formula is C11H15N3O5. The molecule has 104 valence electrons. The molecule has 0 saturated heterocycles. The fraction of sp³-hybridized carbons (Fsp3) is 0.455. The quantitative estimate of drug-likeness (QED) is 0.489. The van der Waals surface area contributed by atoms with Gasteiger partial charge in [0.25, 0.3) is 0 Å². The van der Waals surface area contributed by atoms with Crippen molar-refractivity contribution in [2.24, 2.45) is 0 Å². The van der Waals surface area contributed by atoms with Gasteiger partial charge in [0.1, 0.15) is 12.3 Å². The van der Waals surface area contributed by atoms with E-state index in [-0.39, 0.29) is 30.3 Å². The number of nitrogens with one attached hydrogen (secondary N) is 1. The van der Waals surface area contributed by atoms with Crippen LogP contribution in [0.2, 0.25) is 0 Å². The smallest absolute Gasteiger partial charge is 0.363 e. The van der Waals surface area contributed by atoms with Gasteiger partial charge in [-0.25, -0.2) is 0 Å². The standard InChI is InChI=1S/C11H15N3O5/c1-7(15)12-5-4-9(16)11(17)8-2-3-10(13-6-8)14(18)19/h2-3,6,9,11,16-17H,4-5H2,1H3,(H,12,15). The summed E-state index contributed by atoms with van der Waals surface area (Å²) in [6, 6.07) is 2.48. The van der Waals surface area contributed by atoms with Crippen molar-refractivity contribution >= 4 is 11.7 Å². The van der Waals surface area contributed by atoms with Gasteiger partial charge in [0.15, 0.2) is 0 Å². The third-order valence-corrected chi connectivity index (χ3v) is 2.48. The number of hydrogen-bond acceptors (Lipinski definition) is 6. The van der Waals surface area contributed by atoms with Crippen LogP contribution in [0.5, 0.6) is 0 Å². The largest absolute Gasteiger partial charge is 0.390 e. The average Bonchev–Trinajstić information content (AvgIpc) is 2.37. The van der Waals surface area contributed by atoms with E-state index in [1.165, 1.54) is 13.0 Å². The summed E-state index contributed by atoms with van der Waals surface area (Å²) in [4.78, 5) is 24.0. The van der Waals surface area contributed by atoms with E-state index < -0.39 is 17.1 Å². The first-order valence-electron chi connectivity index (χ1n) is 5.62. The van der Waals surface area contributed by atoms with Gasteiger partial charge in [0.2, 0.25) is 5.91 Å². The minimum absolute atomic E-state index is 0.164. The summed E-state index contributed by atoms with van der Waals surface area (Å²) < 4.78 is 0. The lowest BCUT2D eigenvalue weighted by atomic mass is 10.0. The first-order chi connectivity index (χ1) is 8.91. The van der Waals surface area contributed by atoms with Crippen molar-refractivity contribution in [1.82, 2.24) is 10.3 Å². The van der Waals surface area contributed by atoms with Crippen molar-refractivity contribution in [3.63, 3.8) is 0 Å². The van der Waals surface area contributed by atoms with E-state index in [2.05, 4.69) is 10.3 Å². The van der Waals surface area contributed by atoms with Crippen LogP contribution in [0.25, 0.3) is 0 Å². The number of carbonyl (C=O) groups excluding carboxylic acids is 1. The zero-order chi connectivity index (χ0) is 14.4. The number of aromatic nitrogens is 1. The molecule has 1 aromatic rings. The molecule has 0 bridgehead atoms. The number of nitrogens with zero attached hydrogens (tertiary/aromatic N) is 2. The van der Waals surface area contributed by atoms with Crippen LogP contribution in [-0.2, 0) is 4.79 Å². The molecule has 0 aliphatic heterocycles. The Balaban J connectivity index is 2.58. The molecule has 0 aliphatic rings. The highest BCUT2D eigenvalue weighted by Gasteiger charge is 2.20. The van der Waals surface area contributed by atoms with Crippen molar-refractivity contribution in [2.75, 3.05) is 6.54 Å². The van der Waals surface area contributed by atoms with Crippen molar-refractivity contribution in [3.8, 4) is 0 Å². The highest BCUT2D eigenvalue weighted by Crippen LogP contribution is 2.19. The van der Waals surface area contributed by atoms with E-state index in [1.807, 2.05) is 0 Å². The van der Waals surface area contributed by atoms with Gasteiger partial charge in [-0.2, -0.15) is 0 Å². The lowest BCUT2D eigenvalue weighted by Gasteiger charge is -2.17. The highest BCUT2D eigenvalue weighted by molar-refractivity contribution is 5.72. The average molecular weight is 269 g/mol. The van der Waals surface area contributed by atoms with Gasteiger partial charge in [-0.3, -0.25) is 4.79 Å². The van der Waals surface area contributed by atoms with Gasteiger partial charge in [0.05, 0.1) is 6.10 Å². The molecule has 1 amide bonds. The number of pyridine rings is 1. The molecule has 1 rings (SSSR count). The molecule has 1 heterocycles. The van der Waals surface area contributed by atoms with Crippen molar-refractivity contribution in [3.05, 3.63) is 34.0 Å². The maximum Gasteiger partial charge on any atom is 0.363 e. The Morgan fingerprint density at radius 3 is 2.68 bits per heavy atom. The highest BCUT2D eigenvalue weighted by atomic mass is 16.6. The Morgan fingerprint density at radius 2 is 2.21 bits per heavy atom. The van der Waals surface area contributed by atoms with E-state index in [1.54, 1.807) is 0 Å². The molecule has 2 atom stereocenters. The number of aliphatic hydroxyl groups excluding tert-OH is 2. The molecule has 8 nitrogen and oxygen atoms in total. The molecule has 0 saturated carbocycles. The van der Waals surface area contributed by atoms with Crippen LogP contribution in [0.3, 0.4) is 0 Å². The molecule has 2 unspecified atom stereocenters. The van der Waals surface area contributed by atoms with E-state index in [9.17, 15) is 25.1 Å². The molecule has 0 spiro atoms. The third kappa shape index (κ3) is 4.60. The summed E-state index contributed by atoms with van der Waals surface area (Å²) in [5, 5.41) is 32.4. The van der Waals surface area contributed by atoms with Gasteiger partial charge in [0, 0.05) is 25.1 Å². The van der Waals surface area contributed by atoms with Crippen molar-refractivity contribution < 1.29 is 19.9 Å². The van der Waals surface area contributed by atoms with Crippen molar-refractivity contribution in [2.45, 2.75) is 25.6 Å². The van der Waals surface area contributed by atoms with E-state index in [0.29, 0.717) is 0 Å². The van der Waals surface area contributed by atoms with Gasteiger partial charge >= 0.3 is 5.82 Å². The molecule has 0 aromatic carbocycles. The fourth-order valence-corrected chi connectivity index (χ4v) is 1.46. The fourth-order valence-electron chi connectivity index (χ4n) is 1.46. The number of hydrogen-bond donors (Lipinski definition) is 3. The number of rotatable bonds is 6. The zero-order valence-electron chi connectivity index (χ0n) is 10.3. The van der Waals surface area contributed by atoms with Crippen LogP contribution in [0.15, 0.2) is 18.3 Å². The summed E-state index contributed by atoms with van der Waals surface area (Å²) in [5.41, 5.74) is 0.279. The topological polar surface area (TPSA) is 126 Å². The predicted molar refractivity (Wildman–Crippen MR) is 65.2 cm³/mol. The zero-order valence-corrected chi connectivity index (χ0v) is 10.3. The Bertz CT molecular complexity index is 448. The van der Waals surface area contributed by atoms with Crippen LogP contribution in [0.1, 0.15) is 25.0 Å². The summed E-state index contributed by atoms with van der Waals surface area (Å²) in [5.74, 6) is -0.553. The number of carbonyl (C=O) groups is 1. The van der Waals surface area contributed by atoms with Crippen LogP contribution >= 0.6 is 0 Å². The molecule has 0 aliphatic carbocycles. The third-order valence-electron chi connectivity index (χ3n) is 2.48. The SMILES string of the molecule is CC(=O)NCCC(O)C(O)c1ccc([N+](=O)[O-])nc1. The van der Waals surface area contributed by atoms with E-state index >= 15 is 0 Å². The first kappa shape index (κ1) is 15.0. The van der Waals surface area contributed by atoms with Gasteiger partial charge in [-0.15, -0.1) is 0 Å². The number of nitro groups is 1. The molecule has 19 heavy (non-hydrogen) atoms. The number of aliphatic hydroxyl groups is 2. The summed E-state index contributed by atoms with van der Waals surface area (Å²) in [6.45, 7) is 1.58. The Morgan fingerprint density at radius 1 is 1.53 bits per heavy atom.